The van der Waals surface area contributed by atoms with E-state index in [-0.39, 0.29) is 24.9 Å². The predicted molar refractivity (Wildman–Crippen MR) is 63.5 cm³/mol. The monoisotopic (exact) mass is 272 g/mol. The van der Waals surface area contributed by atoms with Gasteiger partial charge in [0.25, 0.3) is 0 Å². The van der Waals surface area contributed by atoms with E-state index in [4.69, 9.17) is 11.5 Å². The van der Waals surface area contributed by atoms with E-state index >= 15 is 0 Å². The highest BCUT2D eigenvalue weighted by Gasteiger charge is 2.73. The van der Waals surface area contributed by atoms with Crippen LogP contribution >= 0.6 is 0 Å². The van der Waals surface area contributed by atoms with Crippen LogP contribution in [0.2, 0.25) is 0 Å². The number of rotatable bonds is 1. The van der Waals surface area contributed by atoms with Gasteiger partial charge < -0.3 is 31.6 Å². The second-order valence-corrected chi connectivity index (χ2v) is 5.00. The van der Waals surface area contributed by atoms with Crippen molar-refractivity contribution in [3.8, 4) is 0 Å². The smallest absolute Gasteiger partial charge is 0.348 e. The molecule has 10 heteroatoms. The standard InChI is InChI=1S/C9H16N6O4/c10-6-12-5-4(3-16)15(19)7(11)14-2-1-8(17,18)9(5,14)13-6/h4-5,16-18H,1-3,11H2,(H3,10,12,13). The van der Waals surface area contributed by atoms with Crippen LogP contribution in [-0.2, 0) is 0 Å². The molecule has 3 rings (SSSR count). The first kappa shape index (κ1) is 12.3. The number of aliphatic hydroxyl groups is 3. The Morgan fingerprint density at radius 1 is 1.53 bits per heavy atom. The minimum atomic E-state index is -2.17. The molecule has 3 atom stereocenters. The highest BCUT2D eigenvalue weighted by Crippen LogP contribution is 2.43. The third-order valence-electron chi connectivity index (χ3n) is 4.10. The first-order valence-electron chi connectivity index (χ1n) is 5.88. The lowest BCUT2D eigenvalue weighted by Crippen LogP contribution is -2.79. The van der Waals surface area contributed by atoms with Gasteiger partial charge in [0.2, 0.25) is 11.4 Å². The van der Waals surface area contributed by atoms with Gasteiger partial charge in [-0.15, -0.1) is 0 Å². The van der Waals surface area contributed by atoms with Crippen LogP contribution in [0.15, 0.2) is 4.99 Å². The largest absolute Gasteiger partial charge is 0.744 e. The van der Waals surface area contributed by atoms with Gasteiger partial charge in [-0.3, -0.25) is 10.5 Å². The van der Waals surface area contributed by atoms with Crippen LogP contribution in [0, 0.1) is 5.21 Å². The third kappa shape index (κ3) is 1.20. The van der Waals surface area contributed by atoms with Crippen molar-refractivity contribution in [2.45, 2.75) is 30.0 Å². The lowest BCUT2D eigenvalue weighted by Gasteiger charge is -2.47. The molecule has 0 bridgehead atoms. The quantitative estimate of drug-likeness (QED) is 0.158. The minimum Gasteiger partial charge on any atom is -0.744 e. The molecule has 3 heterocycles. The maximum atomic E-state index is 12.0. The van der Waals surface area contributed by atoms with Gasteiger partial charge in [0, 0.05) is 6.42 Å². The van der Waals surface area contributed by atoms with E-state index in [9.17, 15) is 20.5 Å². The summed E-state index contributed by atoms with van der Waals surface area (Å²) in [7, 11) is 0. The average molecular weight is 272 g/mol. The van der Waals surface area contributed by atoms with E-state index in [1.165, 1.54) is 4.90 Å². The summed E-state index contributed by atoms with van der Waals surface area (Å²) in [5, 5.41) is 44.6. The first-order chi connectivity index (χ1) is 8.85. The summed E-state index contributed by atoms with van der Waals surface area (Å²) in [5.74, 6) is -2.38. The van der Waals surface area contributed by atoms with Gasteiger partial charge in [0.05, 0.1) is 13.2 Å². The van der Waals surface area contributed by atoms with Crippen LogP contribution in [0.5, 0.6) is 0 Å². The molecular formula is C9H16N6O4. The van der Waals surface area contributed by atoms with E-state index < -0.39 is 30.1 Å². The molecule has 1 fully saturated rings. The number of aliphatic hydroxyl groups excluding tert-OH is 1. The van der Waals surface area contributed by atoms with Crippen molar-refractivity contribution in [2.24, 2.45) is 16.5 Å². The summed E-state index contributed by atoms with van der Waals surface area (Å²) in [6, 6.07) is -1.96. The minimum absolute atomic E-state index is 0.0218. The molecule has 0 aliphatic carbocycles. The summed E-state index contributed by atoms with van der Waals surface area (Å²) in [5.41, 5.74) is 9.85. The Morgan fingerprint density at radius 3 is 2.84 bits per heavy atom. The summed E-state index contributed by atoms with van der Waals surface area (Å²) in [6.45, 7) is -0.360. The molecule has 0 radical (unpaired) electrons. The summed E-state index contributed by atoms with van der Waals surface area (Å²) < 4.78 is 0.439. The highest BCUT2D eigenvalue weighted by atomic mass is 16.5. The molecule has 1 spiro atoms. The molecule has 0 aromatic carbocycles. The lowest BCUT2D eigenvalue weighted by molar-refractivity contribution is -0.529. The zero-order chi connectivity index (χ0) is 14.0. The van der Waals surface area contributed by atoms with E-state index in [0.29, 0.717) is 4.74 Å². The second-order valence-electron chi connectivity index (χ2n) is 5.00. The van der Waals surface area contributed by atoms with Crippen molar-refractivity contribution in [3.63, 3.8) is 0 Å². The van der Waals surface area contributed by atoms with Gasteiger partial charge in [0.15, 0.2) is 12.0 Å². The molecule has 3 aliphatic rings. The van der Waals surface area contributed by atoms with E-state index in [1.807, 2.05) is 0 Å². The van der Waals surface area contributed by atoms with Crippen LogP contribution in [0.1, 0.15) is 6.42 Å². The number of guanidine groups is 2. The number of hydrogen-bond acceptors (Lipinski definition) is 9. The summed E-state index contributed by atoms with van der Waals surface area (Å²) in [6.07, 6.45) is -0.0218. The number of nitrogens with zero attached hydrogens (tertiary/aromatic N) is 3. The highest BCUT2D eigenvalue weighted by molar-refractivity contribution is 5.85. The van der Waals surface area contributed by atoms with Crippen molar-refractivity contribution in [3.05, 3.63) is 5.21 Å². The van der Waals surface area contributed by atoms with E-state index in [0.717, 1.165) is 0 Å². The molecule has 3 aliphatic heterocycles. The van der Waals surface area contributed by atoms with Crippen molar-refractivity contribution in [1.82, 2.24) is 10.2 Å². The van der Waals surface area contributed by atoms with Gasteiger partial charge in [-0.05, 0) is 0 Å². The maximum absolute atomic E-state index is 12.0. The molecule has 0 aromatic rings. The fraction of sp³-hybridized carbons (Fsp3) is 0.778. The van der Waals surface area contributed by atoms with Gasteiger partial charge in [-0.2, -0.15) is 0 Å². The number of hydrogen-bond donors (Lipinski definition) is 6. The summed E-state index contributed by atoms with van der Waals surface area (Å²) >= 11 is 0. The molecule has 0 saturated carbocycles. The number of nitrogens with two attached hydrogens (primary N) is 2. The van der Waals surface area contributed by atoms with E-state index in [2.05, 4.69) is 10.3 Å². The Kier molecular flexibility index (Phi) is 2.20. The normalized spacial score (nSPS) is 39.7. The number of aliphatic imine (C=N–C) groups is 1. The molecule has 19 heavy (non-hydrogen) atoms. The van der Waals surface area contributed by atoms with Crippen LogP contribution in [0.3, 0.4) is 0 Å². The number of hydroxylamine groups is 1. The number of nitrogens with one attached hydrogen (secondary N) is 1. The van der Waals surface area contributed by atoms with Gasteiger partial charge in [-0.25, -0.2) is 9.89 Å². The Hall–Kier alpha value is -1.78. The first-order valence-corrected chi connectivity index (χ1v) is 5.88. The van der Waals surface area contributed by atoms with Gasteiger partial charge >= 0.3 is 5.96 Å². The zero-order valence-electron chi connectivity index (χ0n) is 10.0. The third-order valence-corrected chi connectivity index (χ3v) is 4.10. The lowest BCUT2D eigenvalue weighted by atomic mass is 9.86. The van der Waals surface area contributed by atoms with Crippen LogP contribution in [0.4, 0.5) is 0 Å². The predicted octanol–water partition coefficient (Wildman–Crippen LogP) is -4.44. The van der Waals surface area contributed by atoms with Crippen molar-refractivity contribution in [1.29, 1.82) is 0 Å². The van der Waals surface area contributed by atoms with Crippen molar-refractivity contribution >= 4 is 11.9 Å². The summed E-state index contributed by atoms with van der Waals surface area (Å²) in [4.78, 5) is 5.38. The Labute approximate surface area is 108 Å². The fourth-order valence-electron chi connectivity index (χ4n) is 3.21. The Balaban J connectivity index is 2.20. The van der Waals surface area contributed by atoms with Crippen LogP contribution < -0.4 is 16.8 Å². The molecule has 3 unspecified atom stereocenters. The topological polar surface area (TPSA) is 166 Å². The molecular weight excluding hydrogens is 256 g/mol. The Morgan fingerprint density at radius 2 is 2.21 bits per heavy atom. The van der Waals surface area contributed by atoms with Gasteiger partial charge in [-0.1, -0.05) is 0 Å². The fourth-order valence-corrected chi connectivity index (χ4v) is 3.21. The molecule has 8 N–H and O–H groups in total. The van der Waals surface area contributed by atoms with Crippen LogP contribution in [-0.4, -0.2) is 73.6 Å². The molecule has 106 valence electrons. The zero-order valence-corrected chi connectivity index (χ0v) is 10.0. The van der Waals surface area contributed by atoms with E-state index in [1.54, 1.807) is 0 Å². The molecule has 1 saturated heterocycles. The SMILES string of the molecule is NC1=NC2C(CO)[N+]([O-])=C(N)N3CCC(O)(O)C23N1. The van der Waals surface area contributed by atoms with Gasteiger partial charge in [0.1, 0.15) is 6.04 Å². The Bertz CT molecular complexity index is 491. The van der Waals surface area contributed by atoms with Crippen molar-refractivity contribution in [2.75, 3.05) is 13.2 Å². The average Bonchev–Trinajstić information content (AvgIpc) is 2.80. The maximum Gasteiger partial charge on any atom is 0.348 e. The second kappa shape index (κ2) is 3.40. The molecule has 10 nitrogen and oxygen atoms in total. The van der Waals surface area contributed by atoms with Crippen molar-refractivity contribution < 1.29 is 20.1 Å². The molecule has 0 amide bonds. The van der Waals surface area contributed by atoms with Crippen LogP contribution in [0.25, 0.3) is 0 Å². The molecule has 0 aromatic heterocycles.